The number of imide groups is 2. The molecular weight excluding hydrogens is 579 g/mol. The Morgan fingerprint density at radius 3 is 2.52 bits per heavy atom. The van der Waals surface area contributed by atoms with E-state index in [4.69, 9.17) is 4.52 Å². The Morgan fingerprint density at radius 2 is 1.77 bits per heavy atom. The zero-order valence-corrected chi connectivity index (χ0v) is 23.7. The molecule has 0 aliphatic carbocycles. The van der Waals surface area contributed by atoms with Crippen LogP contribution < -0.4 is 5.32 Å². The third kappa shape index (κ3) is 4.87. The summed E-state index contributed by atoms with van der Waals surface area (Å²) >= 11 is 0. The number of carbonyl (C=O) groups is 4. The van der Waals surface area contributed by atoms with E-state index in [0.29, 0.717) is 43.6 Å². The highest BCUT2D eigenvalue weighted by Gasteiger charge is 2.49. The Hall–Kier alpha value is -4.10. The van der Waals surface area contributed by atoms with Crippen LogP contribution in [0.4, 0.5) is 13.2 Å². The number of hydrogen-bond donors (Lipinski definition) is 1. The summed E-state index contributed by atoms with van der Waals surface area (Å²) in [5.41, 5.74) is 1.82. The van der Waals surface area contributed by atoms with Gasteiger partial charge in [-0.05, 0) is 62.5 Å². The van der Waals surface area contributed by atoms with Gasteiger partial charge in [-0.2, -0.15) is 0 Å². The second-order valence-electron chi connectivity index (χ2n) is 12.1. The molecule has 3 saturated heterocycles. The second-order valence-corrected chi connectivity index (χ2v) is 12.1. The van der Waals surface area contributed by atoms with Crippen molar-refractivity contribution < 1.29 is 36.9 Å². The highest BCUT2D eigenvalue weighted by molar-refractivity contribution is 6.24. The number of amides is 4. The fraction of sp³-hybridized carbons (Fsp3) is 0.452. The molecule has 2 aromatic carbocycles. The Kier molecular flexibility index (Phi) is 7.04. The van der Waals surface area contributed by atoms with Crippen LogP contribution in [0.1, 0.15) is 70.0 Å². The Labute approximate surface area is 250 Å². The average Bonchev–Trinajstić information content (AvgIpc) is 3.51. The number of nitrogens with one attached hydrogen (secondary N) is 1. The van der Waals surface area contributed by atoms with E-state index in [1.807, 2.05) is 4.90 Å². The van der Waals surface area contributed by atoms with Crippen LogP contribution in [0.5, 0.6) is 0 Å². The molecule has 0 bridgehead atoms. The lowest BCUT2D eigenvalue weighted by atomic mass is 9.89. The van der Waals surface area contributed by atoms with E-state index in [2.05, 4.69) is 10.5 Å². The van der Waals surface area contributed by atoms with Gasteiger partial charge in [-0.3, -0.25) is 39.2 Å². The number of benzene rings is 2. The van der Waals surface area contributed by atoms with Gasteiger partial charge in [-0.1, -0.05) is 17.3 Å². The number of fused-ring (bicyclic) bond motifs is 2. The summed E-state index contributed by atoms with van der Waals surface area (Å²) < 4.78 is 50.2. The molecule has 10 nitrogen and oxygen atoms in total. The highest BCUT2D eigenvalue weighted by atomic mass is 19.3. The molecule has 2 atom stereocenters. The van der Waals surface area contributed by atoms with E-state index in [9.17, 15) is 23.6 Å². The van der Waals surface area contributed by atoms with Crippen molar-refractivity contribution in [3.63, 3.8) is 0 Å². The third-order valence-corrected chi connectivity index (χ3v) is 9.41. The molecule has 4 aliphatic rings. The molecule has 3 fully saturated rings. The summed E-state index contributed by atoms with van der Waals surface area (Å²) in [5.74, 6) is -5.82. The molecule has 4 amide bonds. The van der Waals surface area contributed by atoms with Gasteiger partial charge in [-0.25, -0.2) is 13.2 Å². The van der Waals surface area contributed by atoms with Crippen molar-refractivity contribution in [2.24, 2.45) is 0 Å². The molecule has 13 heteroatoms. The molecule has 44 heavy (non-hydrogen) atoms. The number of nitrogens with zero attached hydrogens (tertiary/aromatic N) is 4. The van der Waals surface area contributed by atoms with Crippen molar-refractivity contribution in [1.82, 2.24) is 25.2 Å². The van der Waals surface area contributed by atoms with E-state index < -0.39 is 54.0 Å². The van der Waals surface area contributed by atoms with E-state index >= 15 is 8.78 Å². The van der Waals surface area contributed by atoms with Crippen LogP contribution in [0, 0.1) is 5.82 Å². The fourth-order valence-corrected chi connectivity index (χ4v) is 7.25. The third-order valence-electron chi connectivity index (χ3n) is 9.41. The molecule has 1 N–H and O–H groups in total. The molecular formula is C31H30F3N5O5. The number of alkyl halides is 2. The quantitative estimate of drug-likeness (QED) is 0.438. The van der Waals surface area contributed by atoms with Gasteiger partial charge >= 0.3 is 0 Å². The number of carbonyl (C=O) groups excluding carboxylic acids is 4. The Balaban J connectivity index is 1.01. The molecule has 1 aromatic heterocycles. The van der Waals surface area contributed by atoms with Crippen LogP contribution in [-0.2, 0) is 16.1 Å². The average molecular weight is 610 g/mol. The van der Waals surface area contributed by atoms with E-state index in [1.54, 1.807) is 23.1 Å². The lowest BCUT2D eigenvalue weighted by Gasteiger charge is -2.45. The topological polar surface area (TPSA) is 116 Å². The van der Waals surface area contributed by atoms with Crippen molar-refractivity contribution >= 4 is 34.6 Å². The standard InChI is InChI=1S/C31H30F3N5O5/c32-19-4-5-20-23(14-19)44-36-27(20)17-8-12-38(13-9-17)24-10-11-37(16-31(24,33)34)15-18-2-1-3-21-26(18)30(43)39(29(21)42)22-6-7-25(40)35-28(22)41/h1-5,14,17,22,24H,6-13,15-16H2,(H,35,40,41). The summed E-state index contributed by atoms with van der Waals surface area (Å²) in [6.45, 7) is 0.872. The molecule has 0 radical (unpaired) electrons. The van der Waals surface area contributed by atoms with Crippen LogP contribution in [0.25, 0.3) is 11.0 Å². The summed E-state index contributed by atoms with van der Waals surface area (Å²) in [5, 5.41) is 7.07. The van der Waals surface area contributed by atoms with Crippen LogP contribution in [0.15, 0.2) is 40.9 Å². The minimum absolute atomic E-state index is 0.0106. The second kappa shape index (κ2) is 10.8. The first-order valence-electron chi connectivity index (χ1n) is 14.8. The van der Waals surface area contributed by atoms with Crippen LogP contribution >= 0.6 is 0 Å². The lowest BCUT2D eigenvalue weighted by Crippen LogP contribution is -2.59. The predicted molar refractivity (Wildman–Crippen MR) is 149 cm³/mol. The number of piperidine rings is 3. The number of halogens is 3. The van der Waals surface area contributed by atoms with Crippen molar-refractivity contribution in [3.8, 4) is 0 Å². The monoisotopic (exact) mass is 609 g/mol. The van der Waals surface area contributed by atoms with Gasteiger partial charge in [0.05, 0.1) is 29.4 Å². The van der Waals surface area contributed by atoms with Gasteiger partial charge in [0.25, 0.3) is 17.7 Å². The normalized spacial score (nSPS) is 25.1. The zero-order chi connectivity index (χ0) is 30.7. The van der Waals surface area contributed by atoms with Crippen molar-refractivity contribution in [2.75, 3.05) is 26.2 Å². The maximum absolute atomic E-state index is 15.7. The summed E-state index contributed by atoms with van der Waals surface area (Å²) in [4.78, 5) is 54.9. The highest BCUT2D eigenvalue weighted by Crippen LogP contribution is 2.38. The minimum Gasteiger partial charge on any atom is -0.356 e. The largest absolute Gasteiger partial charge is 0.356 e. The zero-order valence-electron chi connectivity index (χ0n) is 23.7. The molecule has 230 valence electrons. The number of hydrogen-bond acceptors (Lipinski definition) is 8. The first-order valence-corrected chi connectivity index (χ1v) is 14.8. The van der Waals surface area contributed by atoms with E-state index in [1.165, 1.54) is 18.2 Å². The smallest absolute Gasteiger partial charge is 0.275 e. The van der Waals surface area contributed by atoms with Gasteiger partial charge in [0, 0.05) is 36.9 Å². The van der Waals surface area contributed by atoms with E-state index in [-0.39, 0.29) is 42.9 Å². The van der Waals surface area contributed by atoms with Gasteiger partial charge in [-0.15, -0.1) is 0 Å². The SMILES string of the molecule is O=C1CCC(N2C(=O)c3cccc(CN4CCC(N5CCC(c6noc7cc(F)ccc67)CC5)C(F)(F)C4)c3C2=O)C(=O)N1. The fourth-order valence-electron chi connectivity index (χ4n) is 7.25. The number of aromatic nitrogens is 1. The molecule has 5 heterocycles. The molecule has 3 aromatic rings. The molecule has 0 saturated carbocycles. The predicted octanol–water partition coefficient (Wildman–Crippen LogP) is 3.46. The maximum Gasteiger partial charge on any atom is 0.275 e. The summed E-state index contributed by atoms with van der Waals surface area (Å²) in [6, 6.07) is 7.02. The molecule has 0 spiro atoms. The first kappa shape index (κ1) is 28.7. The van der Waals surface area contributed by atoms with Crippen molar-refractivity contribution in [2.45, 2.75) is 62.6 Å². The van der Waals surface area contributed by atoms with Crippen molar-refractivity contribution in [3.05, 3.63) is 64.6 Å². The lowest BCUT2D eigenvalue weighted by molar-refractivity contribution is -0.136. The molecule has 7 rings (SSSR count). The van der Waals surface area contributed by atoms with E-state index in [0.717, 1.165) is 16.0 Å². The molecule has 4 aliphatic heterocycles. The van der Waals surface area contributed by atoms with Gasteiger partial charge in [0.15, 0.2) is 5.58 Å². The van der Waals surface area contributed by atoms with Gasteiger partial charge in [0.2, 0.25) is 11.8 Å². The van der Waals surface area contributed by atoms with Gasteiger partial charge < -0.3 is 4.52 Å². The van der Waals surface area contributed by atoms with Crippen molar-refractivity contribution in [1.29, 1.82) is 0 Å². The maximum atomic E-state index is 15.7. The Morgan fingerprint density at radius 1 is 0.977 bits per heavy atom. The first-order chi connectivity index (χ1) is 21.1. The minimum atomic E-state index is -3.01. The number of likely N-dealkylation sites (tertiary alicyclic amines) is 2. The molecule has 2 unspecified atom stereocenters. The summed E-state index contributed by atoms with van der Waals surface area (Å²) in [6.07, 6.45) is 1.54. The van der Waals surface area contributed by atoms with Crippen LogP contribution in [0.2, 0.25) is 0 Å². The Bertz CT molecular complexity index is 1680. The number of rotatable bonds is 5. The summed E-state index contributed by atoms with van der Waals surface area (Å²) in [7, 11) is 0. The van der Waals surface area contributed by atoms with Crippen LogP contribution in [-0.4, -0.2) is 87.7 Å². The van der Waals surface area contributed by atoms with Crippen LogP contribution in [0.3, 0.4) is 0 Å². The van der Waals surface area contributed by atoms with Gasteiger partial charge in [0.1, 0.15) is 11.9 Å².